The van der Waals surface area contributed by atoms with Gasteiger partial charge in [0.15, 0.2) is 0 Å². The lowest BCUT2D eigenvalue weighted by Gasteiger charge is -2.38. The van der Waals surface area contributed by atoms with E-state index in [0.29, 0.717) is 5.56 Å². The zero-order chi connectivity index (χ0) is 14.8. The van der Waals surface area contributed by atoms with E-state index >= 15 is 0 Å². The summed E-state index contributed by atoms with van der Waals surface area (Å²) in [6.45, 7) is 0.965. The van der Waals surface area contributed by atoms with Crippen LogP contribution in [0.2, 0.25) is 0 Å². The maximum atomic E-state index is 12.8. The number of hydrogen-bond donors (Lipinski definition) is 1. The fraction of sp³-hybridized carbons (Fsp3) is 0.571. The number of benzene rings is 1. The molecule has 2 unspecified atom stereocenters. The summed E-state index contributed by atoms with van der Waals surface area (Å²) in [6, 6.07) is 5.75. The van der Waals surface area contributed by atoms with Gasteiger partial charge in [0.1, 0.15) is 0 Å². The number of thioether (sulfide) groups is 1. The number of rotatable bonds is 3. The fourth-order valence-electron chi connectivity index (χ4n) is 2.55. The zero-order valence-corrected chi connectivity index (χ0v) is 12.4. The largest absolute Gasteiger partial charge is 0.416 e. The Kier molecular flexibility index (Phi) is 4.99. The second-order valence-corrected chi connectivity index (χ2v) is 6.16. The Morgan fingerprint density at radius 2 is 2.15 bits per heavy atom. The standard InChI is InChI=1S/C14H19F3N2S/c1-18-13(12-9-20-7-6-19(12)2)10-4-3-5-11(8-10)14(15,16)17/h3-5,8,12-13,18H,6-7,9H2,1-2H3. The second kappa shape index (κ2) is 6.37. The number of hydrogen-bond acceptors (Lipinski definition) is 3. The average Bonchev–Trinajstić information content (AvgIpc) is 2.41. The quantitative estimate of drug-likeness (QED) is 0.924. The van der Waals surface area contributed by atoms with E-state index in [-0.39, 0.29) is 12.1 Å². The maximum Gasteiger partial charge on any atom is 0.416 e. The number of nitrogens with zero attached hydrogens (tertiary/aromatic N) is 1. The van der Waals surface area contributed by atoms with Crippen molar-refractivity contribution in [2.75, 3.05) is 32.1 Å². The summed E-state index contributed by atoms with van der Waals surface area (Å²) >= 11 is 1.85. The highest BCUT2D eigenvalue weighted by Crippen LogP contribution is 2.33. The van der Waals surface area contributed by atoms with Crippen LogP contribution in [0, 0.1) is 0 Å². The molecule has 0 aromatic heterocycles. The summed E-state index contributed by atoms with van der Waals surface area (Å²) in [5.41, 5.74) is 0.114. The number of halogens is 3. The van der Waals surface area contributed by atoms with E-state index in [9.17, 15) is 13.2 Å². The molecule has 0 bridgehead atoms. The van der Waals surface area contributed by atoms with E-state index in [1.807, 2.05) is 18.8 Å². The molecule has 1 aromatic rings. The van der Waals surface area contributed by atoms with Gasteiger partial charge in [0.25, 0.3) is 0 Å². The monoisotopic (exact) mass is 304 g/mol. The van der Waals surface area contributed by atoms with E-state index in [4.69, 9.17) is 0 Å². The van der Waals surface area contributed by atoms with Crippen LogP contribution in [-0.2, 0) is 6.18 Å². The lowest BCUT2D eigenvalue weighted by Crippen LogP contribution is -2.47. The molecule has 1 aliphatic heterocycles. The van der Waals surface area contributed by atoms with Crippen LogP contribution in [0.1, 0.15) is 17.2 Å². The van der Waals surface area contributed by atoms with Gasteiger partial charge in [0.2, 0.25) is 0 Å². The number of nitrogens with one attached hydrogen (secondary N) is 1. The van der Waals surface area contributed by atoms with E-state index in [2.05, 4.69) is 10.2 Å². The summed E-state index contributed by atoms with van der Waals surface area (Å²) < 4.78 is 38.5. The Morgan fingerprint density at radius 3 is 2.75 bits per heavy atom. The SMILES string of the molecule is CNC(c1cccc(C(F)(F)F)c1)C1CSCCN1C. The minimum Gasteiger partial charge on any atom is -0.312 e. The van der Waals surface area contributed by atoms with Crippen molar-refractivity contribution in [3.63, 3.8) is 0 Å². The van der Waals surface area contributed by atoms with Crippen LogP contribution >= 0.6 is 11.8 Å². The Morgan fingerprint density at radius 1 is 1.40 bits per heavy atom. The number of alkyl halides is 3. The molecule has 2 nitrogen and oxygen atoms in total. The van der Waals surface area contributed by atoms with Gasteiger partial charge in [-0.15, -0.1) is 0 Å². The van der Waals surface area contributed by atoms with Gasteiger partial charge in [-0.1, -0.05) is 12.1 Å². The first-order valence-corrected chi connectivity index (χ1v) is 7.71. The van der Waals surface area contributed by atoms with E-state index in [1.165, 1.54) is 12.1 Å². The number of likely N-dealkylation sites (N-methyl/N-ethyl adjacent to an activating group) is 2. The first-order valence-electron chi connectivity index (χ1n) is 6.56. The lowest BCUT2D eigenvalue weighted by atomic mass is 9.97. The van der Waals surface area contributed by atoms with Gasteiger partial charge >= 0.3 is 6.18 Å². The van der Waals surface area contributed by atoms with Gasteiger partial charge in [-0.3, -0.25) is 4.90 Å². The van der Waals surface area contributed by atoms with E-state index < -0.39 is 11.7 Å². The van der Waals surface area contributed by atoms with Crippen molar-refractivity contribution < 1.29 is 13.2 Å². The minimum atomic E-state index is -4.29. The van der Waals surface area contributed by atoms with E-state index in [0.717, 1.165) is 24.1 Å². The maximum absolute atomic E-state index is 12.8. The molecule has 1 fully saturated rings. The topological polar surface area (TPSA) is 15.3 Å². The van der Waals surface area contributed by atoms with Crippen LogP contribution in [0.25, 0.3) is 0 Å². The third kappa shape index (κ3) is 3.48. The van der Waals surface area contributed by atoms with Crippen molar-refractivity contribution in [3.8, 4) is 0 Å². The van der Waals surface area contributed by atoms with Gasteiger partial charge in [0.05, 0.1) is 5.56 Å². The molecule has 1 N–H and O–H groups in total. The molecule has 0 saturated carbocycles. The molecule has 0 radical (unpaired) electrons. The van der Waals surface area contributed by atoms with Crippen LogP contribution in [0.3, 0.4) is 0 Å². The summed E-state index contributed by atoms with van der Waals surface area (Å²) in [5.74, 6) is 2.00. The molecule has 112 valence electrons. The molecule has 1 aliphatic rings. The zero-order valence-electron chi connectivity index (χ0n) is 11.6. The fourth-order valence-corrected chi connectivity index (χ4v) is 3.82. The van der Waals surface area contributed by atoms with Crippen molar-refractivity contribution in [2.24, 2.45) is 0 Å². The molecule has 20 heavy (non-hydrogen) atoms. The Bertz CT molecular complexity index is 450. The summed E-state index contributed by atoms with van der Waals surface area (Å²) in [6.07, 6.45) is -4.29. The van der Waals surface area contributed by atoms with Crippen LogP contribution in [0.4, 0.5) is 13.2 Å². The molecule has 2 atom stereocenters. The molecule has 0 aliphatic carbocycles. The highest BCUT2D eigenvalue weighted by molar-refractivity contribution is 7.99. The van der Waals surface area contributed by atoms with Crippen molar-refractivity contribution in [3.05, 3.63) is 35.4 Å². The van der Waals surface area contributed by atoms with Crippen LogP contribution < -0.4 is 5.32 Å². The molecule has 1 aromatic carbocycles. The smallest absolute Gasteiger partial charge is 0.312 e. The summed E-state index contributed by atoms with van der Waals surface area (Å²) in [5, 5.41) is 3.17. The summed E-state index contributed by atoms with van der Waals surface area (Å²) in [7, 11) is 3.83. The van der Waals surface area contributed by atoms with E-state index in [1.54, 1.807) is 13.1 Å². The van der Waals surface area contributed by atoms with Crippen molar-refractivity contribution in [2.45, 2.75) is 18.3 Å². The highest BCUT2D eigenvalue weighted by Gasteiger charge is 2.33. The normalized spacial score (nSPS) is 22.8. The van der Waals surface area contributed by atoms with Gasteiger partial charge in [-0.05, 0) is 31.8 Å². The highest BCUT2D eigenvalue weighted by atomic mass is 32.2. The van der Waals surface area contributed by atoms with Crippen LogP contribution in [0.5, 0.6) is 0 Å². The average molecular weight is 304 g/mol. The summed E-state index contributed by atoms with van der Waals surface area (Å²) in [4.78, 5) is 2.22. The predicted octanol–water partition coefficient (Wildman–Crippen LogP) is 3.01. The van der Waals surface area contributed by atoms with Crippen LogP contribution in [0.15, 0.2) is 24.3 Å². The first kappa shape index (κ1) is 15.7. The van der Waals surface area contributed by atoms with Gasteiger partial charge in [0, 0.05) is 30.1 Å². The molecule has 1 saturated heterocycles. The molecular formula is C14H19F3N2S. The van der Waals surface area contributed by atoms with Gasteiger partial charge in [-0.2, -0.15) is 24.9 Å². The third-order valence-corrected chi connectivity index (χ3v) is 4.76. The van der Waals surface area contributed by atoms with Crippen molar-refractivity contribution in [1.29, 1.82) is 0 Å². The molecular weight excluding hydrogens is 285 g/mol. The third-order valence-electron chi connectivity index (χ3n) is 3.71. The second-order valence-electron chi connectivity index (χ2n) is 5.01. The predicted molar refractivity (Wildman–Crippen MR) is 77.0 cm³/mol. The first-order chi connectivity index (χ1) is 9.43. The van der Waals surface area contributed by atoms with Crippen molar-refractivity contribution >= 4 is 11.8 Å². The Labute approximate surface area is 121 Å². The molecule has 6 heteroatoms. The molecule has 1 heterocycles. The Hall–Kier alpha value is -0.720. The molecule has 2 rings (SSSR count). The van der Waals surface area contributed by atoms with Gasteiger partial charge < -0.3 is 5.32 Å². The molecule has 0 spiro atoms. The Balaban J connectivity index is 2.27. The van der Waals surface area contributed by atoms with Gasteiger partial charge in [-0.25, -0.2) is 0 Å². The van der Waals surface area contributed by atoms with Crippen LogP contribution in [-0.4, -0.2) is 43.1 Å². The molecule has 0 amide bonds. The van der Waals surface area contributed by atoms with Crippen molar-refractivity contribution in [1.82, 2.24) is 10.2 Å². The minimum absolute atomic E-state index is 0.0879. The lowest BCUT2D eigenvalue weighted by molar-refractivity contribution is -0.137.